The number of likely N-dealkylation sites (tertiary alicyclic amines) is 1. The second-order valence-electron chi connectivity index (χ2n) is 11.6. The van der Waals surface area contributed by atoms with Gasteiger partial charge in [0, 0.05) is 44.0 Å². The largest absolute Gasteiger partial charge is 0.416 e. The van der Waals surface area contributed by atoms with Gasteiger partial charge in [-0.05, 0) is 92.2 Å². The first kappa shape index (κ1) is 28.9. The summed E-state index contributed by atoms with van der Waals surface area (Å²) in [6.45, 7) is 3.66. The predicted molar refractivity (Wildman–Crippen MR) is 152 cm³/mol. The SMILES string of the molecule is O=C(CC1c2cccn2CCN1S(=O)(=O)c1cccc(C(F)(F)F)c1)NC1CCc2cc(CN3CCCC3)ccc2C1. The van der Waals surface area contributed by atoms with E-state index in [0.29, 0.717) is 24.7 Å². The predicted octanol–water partition coefficient (Wildman–Crippen LogP) is 4.91. The summed E-state index contributed by atoms with van der Waals surface area (Å²) in [5.41, 5.74) is 3.48. The van der Waals surface area contributed by atoms with Gasteiger partial charge in [-0.1, -0.05) is 24.3 Å². The van der Waals surface area contributed by atoms with E-state index in [1.54, 1.807) is 12.1 Å². The average molecular weight is 601 g/mol. The maximum atomic E-state index is 13.7. The van der Waals surface area contributed by atoms with Gasteiger partial charge in [0.2, 0.25) is 15.9 Å². The van der Waals surface area contributed by atoms with Crippen LogP contribution >= 0.6 is 0 Å². The number of hydrogen-bond acceptors (Lipinski definition) is 4. The summed E-state index contributed by atoms with van der Waals surface area (Å²) in [7, 11) is -4.31. The van der Waals surface area contributed by atoms with Crippen molar-refractivity contribution in [3.63, 3.8) is 0 Å². The monoisotopic (exact) mass is 600 g/mol. The quantitative estimate of drug-likeness (QED) is 0.418. The number of nitrogens with one attached hydrogen (secondary N) is 1. The Labute approximate surface area is 244 Å². The summed E-state index contributed by atoms with van der Waals surface area (Å²) in [6, 6.07) is 13.1. The molecule has 1 fully saturated rings. The Morgan fingerprint density at radius 1 is 0.952 bits per heavy atom. The number of alkyl halides is 3. The highest BCUT2D eigenvalue weighted by atomic mass is 32.2. The number of sulfonamides is 1. The Morgan fingerprint density at radius 2 is 1.76 bits per heavy atom. The molecule has 3 heterocycles. The lowest BCUT2D eigenvalue weighted by Gasteiger charge is -2.36. The summed E-state index contributed by atoms with van der Waals surface area (Å²) < 4.78 is 70.5. The second-order valence-corrected chi connectivity index (χ2v) is 13.5. The number of hydrogen-bond donors (Lipinski definition) is 1. The first-order valence-corrected chi connectivity index (χ1v) is 16.0. The van der Waals surface area contributed by atoms with Crippen LogP contribution in [0.25, 0.3) is 0 Å². The van der Waals surface area contributed by atoms with E-state index in [0.717, 1.165) is 44.6 Å². The molecule has 2 unspecified atom stereocenters. The summed E-state index contributed by atoms with van der Waals surface area (Å²) in [4.78, 5) is 15.4. The van der Waals surface area contributed by atoms with Crippen molar-refractivity contribution in [2.75, 3.05) is 19.6 Å². The van der Waals surface area contributed by atoms with Crippen LogP contribution in [0, 0.1) is 0 Å². The van der Waals surface area contributed by atoms with Crippen LogP contribution < -0.4 is 5.32 Å². The van der Waals surface area contributed by atoms with Gasteiger partial charge in [-0.3, -0.25) is 9.69 Å². The van der Waals surface area contributed by atoms with Crippen LogP contribution in [-0.4, -0.2) is 53.8 Å². The number of aromatic nitrogens is 1. The number of carbonyl (C=O) groups excluding carboxylic acids is 1. The van der Waals surface area contributed by atoms with Gasteiger partial charge in [-0.2, -0.15) is 17.5 Å². The molecule has 2 aliphatic heterocycles. The van der Waals surface area contributed by atoms with Gasteiger partial charge in [0.05, 0.1) is 16.5 Å². The van der Waals surface area contributed by atoms with Crippen LogP contribution in [0.1, 0.15) is 59.7 Å². The molecule has 2 aromatic carbocycles. The maximum Gasteiger partial charge on any atom is 0.416 e. The van der Waals surface area contributed by atoms with E-state index in [2.05, 4.69) is 28.4 Å². The molecular formula is C31H35F3N4O3S. The minimum Gasteiger partial charge on any atom is -0.353 e. The van der Waals surface area contributed by atoms with Gasteiger partial charge in [0.15, 0.2) is 0 Å². The van der Waals surface area contributed by atoms with Gasteiger partial charge in [-0.25, -0.2) is 8.42 Å². The normalized spacial score (nSPS) is 21.6. The van der Waals surface area contributed by atoms with Crippen molar-refractivity contribution in [3.8, 4) is 0 Å². The van der Waals surface area contributed by atoms with Gasteiger partial charge in [-0.15, -0.1) is 0 Å². The highest BCUT2D eigenvalue weighted by molar-refractivity contribution is 7.89. The van der Waals surface area contributed by atoms with Gasteiger partial charge < -0.3 is 9.88 Å². The van der Waals surface area contributed by atoms with Crippen molar-refractivity contribution in [2.45, 2.75) is 74.8 Å². The smallest absolute Gasteiger partial charge is 0.353 e. The molecule has 7 nitrogen and oxygen atoms in total. The third kappa shape index (κ3) is 6.00. The Kier molecular flexibility index (Phi) is 7.93. The van der Waals surface area contributed by atoms with Crippen LogP contribution in [0.4, 0.5) is 13.2 Å². The van der Waals surface area contributed by atoms with Crippen molar-refractivity contribution < 1.29 is 26.4 Å². The number of aryl methyl sites for hydroxylation is 1. The maximum absolute atomic E-state index is 13.7. The van der Waals surface area contributed by atoms with Gasteiger partial charge in [0.25, 0.3) is 0 Å². The molecule has 6 rings (SSSR count). The van der Waals surface area contributed by atoms with Crippen LogP contribution in [-0.2, 0) is 46.9 Å². The standard InChI is InChI=1S/C31H35F3N4O3S/c32-31(33,34)25-5-3-6-27(19-25)42(40,41)38-16-15-37-14-4-7-28(37)29(38)20-30(39)35-26-11-10-23-17-22(8-9-24(23)18-26)21-36-12-1-2-13-36/h3-9,14,17,19,26,29H,1-2,10-13,15-16,18,20-21H2,(H,35,39). The molecule has 3 aromatic rings. The fraction of sp³-hybridized carbons (Fsp3) is 0.452. The van der Waals surface area contributed by atoms with Gasteiger partial charge >= 0.3 is 6.18 Å². The van der Waals surface area contributed by atoms with Crippen molar-refractivity contribution in [2.24, 2.45) is 0 Å². The van der Waals surface area contributed by atoms with E-state index in [1.165, 1.54) is 39.9 Å². The molecule has 0 spiro atoms. The number of carbonyl (C=O) groups is 1. The first-order valence-electron chi connectivity index (χ1n) is 14.5. The molecule has 1 N–H and O–H groups in total. The number of fused-ring (bicyclic) bond motifs is 2. The highest BCUT2D eigenvalue weighted by Crippen LogP contribution is 2.36. The minimum absolute atomic E-state index is 0.0504. The zero-order valence-corrected chi connectivity index (χ0v) is 24.1. The number of rotatable bonds is 7. The van der Waals surface area contributed by atoms with Crippen LogP contribution in [0.15, 0.2) is 65.7 Å². The molecule has 11 heteroatoms. The third-order valence-electron chi connectivity index (χ3n) is 8.73. The van der Waals surface area contributed by atoms with Crippen LogP contribution in [0.3, 0.4) is 0 Å². The first-order chi connectivity index (χ1) is 20.1. The Bertz CT molecular complexity index is 1560. The summed E-state index contributed by atoms with van der Waals surface area (Å²) in [5.74, 6) is -0.280. The minimum atomic E-state index is -4.67. The Morgan fingerprint density at radius 3 is 2.55 bits per heavy atom. The van der Waals surface area contributed by atoms with Crippen molar-refractivity contribution in [3.05, 3.63) is 88.7 Å². The van der Waals surface area contributed by atoms with Crippen molar-refractivity contribution in [1.82, 2.24) is 19.1 Å². The van der Waals surface area contributed by atoms with Crippen molar-refractivity contribution >= 4 is 15.9 Å². The molecule has 0 radical (unpaired) electrons. The number of benzene rings is 2. The molecule has 1 aromatic heterocycles. The lowest BCUT2D eigenvalue weighted by Crippen LogP contribution is -2.45. The van der Waals surface area contributed by atoms with E-state index in [9.17, 15) is 26.4 Å². The molecule has 1 saturated heterocycles. The zero-order valence-electron chi connectivity index (χ0n) is 23.3. The molecule has 42 heavy (non-hydrogen) atoms. The van der Waals surface area contributed by atoms with E-state index in [1.807, 2.05) is 10.8 Å². The van der Waals surface area contributed by atoms with E-state index in [-0.39, 0.29) is 24.9 Å². The molecule has 0 bridgehead atoms. The molecule has 1 amide bonds. The lowest BCUT2D eigenvalue weighted by atomic mass is 9.87. The summed E-state index contributed by atoms with van der Waals surface area (Å²) >= 11 is 0. The van der Waals surface area contributed by atoms with Gasteiger partial charge in [0.1, 0.15) is 0 Å². The van der Waals surface area contributed by atoms with Crippen LogP contribution in [0.2, 0.25) is 0 Å². The molecule has 0 saturated carbocycles. The fourth-order valence-corrected chi connectivity index (χ4v) is 8.23. The molecule has 2 atom stereocenters. The summed E-state index contributed by atoms with van der Waals surface area (Å²) in [6.07, 6.45) is 1.90. The molecule has 224 valence electrons. The van der Waals surface area contributed by atoms with E-state index < -0.39 is 32.7 Å². The average Bonchev–Trinajstić information content (AvgIpc) is 3.65. The molecule has 3 aliphatic rings. The number of amides is 1. The highest BCUT2D eigenvalue weighted by Gasteiger charge is 2.39. The lowest BCUT2D eigenvalue weighted by molar-refractivity contribution is -0.137. The van der Waals surface area contributed by atoms with E-state index in [4.69, 9.17) is 0 Å². The van der Waals surface area contributed by atoms with Crippen LogP contribution in [0.5, 0.6) is 0 Å². The van der Waals surface area contributed by atoms with Crippen molar-refractivity contribution in [1.29, 1.82) is 0 Å². The topological polar surface area (TPSA) is 74.6 Å². The molecule has 1 aliphatic carbocycles. The fourth-order valence-electron chi connectivity index (χ4n) is 6.60. The second kappa shape index (κ2) is 11.5. The zero-order chi connectivity index (χ0) is 29.5. The molecular weight excluding hydrogens is 565 g/mol. The number of halogens is 3. The number of nitrogens with zero attached hydrogens (tertiary/aromatic N) is 3. The third-order valence-corrected chi connectivity index (χ3v) is 10.6. The summed E-state index contributed by atoms with van der Waals surface area (Å²) in [5, 5.41) is 3.12. The Hall–Kier alpha value is -3.15. The Balaban J connectivity index is 1.16. The van der Waals surface area contributed by atoms with E-state index >= 15 is 0 Å².